The summed E-state index contributed by atoms with van der Waals surface area (Å²) in [5, 5.41) is 10.5. The topological polar surface area (TPSA) is 29.5 Å². The lowest BCUT2D eigenvalue weighted by Gasteiger charge is -2.17. The fourth-order valence-corrected chi connectivity index (χ4v) is 2.89. The van der Waals surface area contributed by atoms with E-state index in [0.29, 0.717) is 6.42 Å². The summed E-state index contributed by atoms with van der Waals surface area (Å²) in [5.74, 6) is 0.753. The van der Waals surface area contributed by atoms with Gasteiger partial charge in [-0.2, -0.15) is 0 Å². The molecule has 0 fully saturated rings. The maximum atomic E-state index is 10.5. The molecule has 0 aromatic heterocycles. The van der Waals surface area contributed by atoms with Crippen LogP contribution < -0.4 is 4.74 Å². The molecule has 0 amide bonds. The van der Waals surface area contributed by atoms with Crippen LogP contribution in [0, 0.1) is 13.8 Å². The van der Waals surface area contributed by atoms with Gasteiger partial charge in [-0.15, -0.1) is 0 Å². The third-order valence-electron chi connectivity index (χ3n) is 3.60. The molecule has 0 aliphatic rings. The number of hydrogen-bond donors (Lipinski definition) is 1. The van der Waals surface area contributed by atoms with Crippen molar-refractivity contribution in [2.24, 2.45) is 0 Å². The number of aliphatic hydroxyl groups is 1. The fourth-order valence-electron chi connectivity index (χ4n) is 2.38. The van der Waals surface area contributed by atoms with E-state index in [0.717, 1.165) is 15.8 Å². The molecule has 1 unspecified atom stereocenters. The number of benzene rings is 2. The van der Waals surface area contributed by atoms with Gasteiger partial charge in [-0.05, 0) is 54.3 Å². The van der Waals surface area contributed by atoms with E-state index in [-0.39, 0.29) is 0 Å². The summed E-state index contributed by atoms with van der Waals surface area (Å²) in [6, 6.07) is 11.9. The van der Waals surface area contributed by atoms with E-state index >= 15 is 0 Å². The first kappa shape index (κ1) is 15.1. The summed E-state index contributed by atoms with van der Waals surface area (Å²) < 4.78 is 6.13. The van der Waals surface area contributed by atoms with E-state index in [4.69, 9.17) is 4.74 Å². The number of aryl methyl sites for hydroxylation is 2. The van der Waals surface area contributed by atoms with Gasteiger partial charge < -0.3 is 9.84 Å². The molecule has 106 valence electrons. The van der Waals surface area contributed by atoms with Crippen molar-refractivity contribution in [3.05, 3.63) is 63.1 Å². The molecule has 1 N–H and O–H groups in total. The van der Waals surface area contributed by atoms with Gasteiger partial charge in [0.05, 0.1) is 13.2 Å². The lowest BCUT2D eigenvalue weighted by molar-refractivity contribution is 0.177. The van der Waals surface area contributed by atoms with Gasteiger partial charge in [0.15, 0.2) is 0 Å². The maximum absolute atomic E-state index is 10.5. The minimum Gasteiger partial charge on any atom is -0.497 e. The highest BCUT2D eigenvalue weighted by Crippen LogP contribution is 2.31. The summed E-state index contributed by atoms with van der Waals surface area (Å²) >= 11 is 3.50. The van der Waals surface area contributed by atoms with Gasteiger partial charge in [-0.25, -0.2) is 0 Å². The number of hydrogen-bond acceptors (Lipinski definition) is 2. The zero-order chi connectivity index (χ0) is 14.7. The average molecular weight is 335 g/mol. The molecule has 0 aliphatic heterocycles. The highest BCUT2D eigenvalue weighted by molar-refractivity contribution is 9.10. The molecule has 2 rings (SSSR count). The molecule has 0 heterocycles. The smallest absolute Gasteiger partial charge is 0.119 e. The molecule has 0 radical (unpaired) electrons. The van der Waals surface area contributed by atoms with Crippen molar-refractivity contribution in [3.8, 4) is 5.75 Å². The van der Waals surface area contributed by atoms with Gasteiger partial charge in [-0.1, -0.05) is 34.1 Å². The molecule has 0 bridgehead atoms. The third kappa shape index (κ3) is 3.22. The Labute approximate surface area is 128 Å². The van der Waals surface area contributed by atoms with Crippen LogP contribution in [-0.4, -0.2) is 12.2 Å². The highest BCUT2D eigenvalue weighted by Gasteiger charge is 2.15. The molecule has 20 heavy (non-hydrogen) atoms. The summed E-state index contributed by atoms with van der Waals surface area (Å²) in [6.45, 7) is 4.16. The van der Waals surface area contributed by atoms with Gasteiger partial charge in [0.1, 0.15) is 5.75 Å². The van der Waals surface area contributed by atoms with E-state index in [1.54, 1.807) is 7.11 Å². The van der Waals surface area contributed by atoms with Crippen molar-refractivity contribution in [3.63, 3.8) is 0 Å². The Morgan fingerprint density at radius 2 is 1.80 bits per heavy atom. The highest BCUT2D eigenvalue weighted by atomic mass is 79.9. The van der Waals surface area contributed by atoms with E-state index in [9.17, 15) is 5.11 Å². The van der Waals surface area contributed by atoms with Crippen LogP contribution >= 0.6 is 15.9 Å². The molecule has 2 aromatic rings. The molecular formula is C17H19BrO2. The number of halogens is 1. The molecule has 0 spiro atoms. The molecule has 2 nitrogen and oxygen atoms in total. The van der Waals surface area contributed by atoms with E-state index in [2.05, 4.69) is 41.9 Å². The molecule has 0 saturated carbocycles. The first-order chi connectivity index (χ1) is 9.52. The first-order valence-electron chi connectivity index (χ1n) is 6.59. The monoisotopic (exact) mass is 334 g/mol. The normalized spacial score (nSPS) is 12.2. The van der Waals surface area contributed by atoms with Crippen molar-refractivity contribution >= 4 is 15.9 Å². The summed E-state index contributed by atoms with van der Waals surface area (Å²) in [4.78, 5) is 0. The van der Waals surface area contributed by atoms with E-state index in [1.165, 1.54) is 16.7 Å². The van der Waals surface area contributed by atoms with Crippen molar-refractivity contribution in [1.29, 1.82) is 0 Å². The van der Waals surface area contributed by atoms with E-state index in [1.807, 2.05) is 24.3 Å². The SMILES string of the molecule is COc1ccc(Br)c(C(O)Cc2c(C)cccc2C)c1. The van der Waals surface area contributed by atoms with Crippen LogP contribution in [0.1, 0.15) is 28.4 Å². The summed E-state index contributed by atoms with van der Waals surface area (Å²) in [7, 11) is 1.63. The molecular weight excluding hydrogens is 316 g/mol. The van der Waals surface area contributed by atoms with Crippen LogP contribution in [0.2, 0.25) is 0 Å². The fraction of sp³-hybridized carbons (Fsp3) is 0.294. The van der Waals surface area contributed by atoms with Crippen LogP contribution in [0.5, 0.6) is 5.75 Å². The predicted octanol–water partition coefficient (Wildman–Crippen LogP) is 4.35. The third-order valence-corrected chi connectivity index (χ3v) is 4.33. The Morgan fingerprint density at radius 3 is 2.40 bits per heavy atom. The molecule has 2 aromatic carbocycles. The van der Waals surface area contributed by atoms with Gasteiger partial charge in [0, 0.05) is 10.9 Å². The first-order valence-corrected chi connectivity index (χ1v) is 7.39. The van der Waals surface area contributed by atoms with Crippen LogP contribution in [0.3, 0.4) is 0 Å². The number of methoxy groups -OCH3 is 1. The second kappa shape index (κ2) is 6.42. The van der Waals surface area contributed by atoms with Crippen LogP contribution in [0.4, 0.5) is 0 Å². The van der Waals surface area contributed by atoms with Gasteiger partial charge in [0.2, 0.25) is 0 Å². The Bertz CT molecular complexity index is 588. The number of aliphatic hydroxyl groups excluding tert-OH is 1. The second-order valence-electron chi connectivity index (χ2n) is 4.98. The summed E-state index contributed by atoms with van der Waals surface area (Å²) in [6.07, 6.45) is 0.0452. The average Bonchev–Trinajstić information content (AvgIpc) is 2.43. The predicted molar refractivity (Wildman–Crippen MR) is 85.3 cm³/mol. The van der Waals surface area contributed by atoms with Crippen molar-refractivity contribution in [2.45, 2.75) is 26.4 Å². The second-order valence-corrected chi connectivity index (χ2v) is 5.83. The quantitative estimate of drug-likeness (QED) is 0.900. The number of rotatable bonds is 4. The molecule has 0 aliphatic carbocycles. The molecule has 1 atom stereocenters. The van der Waals surface area contributed by atoms with Crippen LogP contribution in [0.25, 0.3) is 0 Å². The van der Waals surface area contributed by atoms with Crippen LogP contribution in [0.15, 0.2) is 40.9 Å². The van der Waals surface area contributed by atoms with Gasteiger partial charge >= 0.3 is 0 Å². The minimum absolute atomic E-state index is 0.556. The minimum atomic E-state index is -0.556. The Morgan fingerprint density at radius 1 is 1.15 bits per heavy atom. The standard InChI is InChI=1S/C17H19BrO2/c1-11-5-4-6-12(2)14(11)10-17(19)15-9-13(20-3)7-8-16(15)18/h4-9,17,19H,10H2,1-3H3. The van der Waals surface area contributed by atoms with E-state index < -0.39 is 6.10 Å². The largest absolute Gasteiger partial charge is 0.497 e. The van der Waals surface area contributed by atoms with Gasteiger partial charge in [0.25, 0.3) is 0 Å². The maximum Gasteiger partial charge on any atom is 0.119 e. The lowest BCUT2D eigenvalue weighted by Crippen LogP contribution is -2.06. The number of ether oxygens (including phenoxy) is 1. The molecule has 0 saturated heterocycles. The zero-order valence-corrected chi connectivity index (χ0v) is 13.6. The van der Waals surface area contributed by atoms with Crippen LogP contribution in [-0.2, 0) is 6.42 Å². The van der Waals surface area contributed by atoms with Gasteiger partial charge in [-0.3, -0.25) is 0 Å². The Hall–Kier alpha value is -1.32. The zero-order valence-electron chi connectivity index (χ0n) is 12.0. The summed E-state index contributed by atoms with van der Waals surface area (Å²) in [5.41, 5.74) is 4.48. The lowest BCUT2D eigenvalue weighted by atomic mass is 9.94. The Kier molecular flexibility index (Phi) is 4.84. The van der Waals surface area contributed by atoms with Crippen molar-refractivity contribution < 1.29 is 9.84 Å². The van der Waals surface area contributed by atoms with Crippen molar-refractivity contribution in [2.75, 3.05) is 7.11 Å². The molecule has 3 heteroatoms. The van der Waals surface area contributed by atoms with Crippen molar-refractivity contribution in [1.82, 2.24) is 0 Å². The Balaban J connectivity index is 2.30.